The van der Waals surface area contributed by atoms with Gasteiger partial charge in [0.25, 0.3) is 0 Å². The van der Waals surface area contributed by atoms with Gasteiger partial charge in [0.1, 0.15) is 4.21 Å². The Morgan fingerprint density at radius 1 is 1.53 bits per heavy atom. The molecule has 6 heteroatoms. The number of thiophene rings is 1. The number of rotatable bonds is 3. The van der Waals surface area contributed by atoms with E-state index < -0.39 is 9.84 Å². The van der Waals surface area contributed by atoms with Gasteiger partial charge in [-0.25, -0.2) is 8.42 Å². The first-order valence-electron chi connectivity index (χ1n) is 4.79. The maximum atomic E-state index is 11.9. The molecule has 2 rings (SSSR count). The van der Waals surface area contributed by atoms with Crippen LogP contribution in [-0.2, 0) is 9.84 Å². The average molecular weight is 266 g/mol. The molecule has 0 radical (unpaired) electrons. The average Bonchev–Trinajstić information content (AvgIpc) is 2.75. The van der Waals surface area contributed by atoms with Crippen molar-refractivity contribution in [1.29, 1.82) is 0 Å². The van der Waals surface area contributed by atoms with Crippen molar-refractivity contribution < 1.29 is 8.42 Å². The second-order valence-electron chi connectivity index (χ2n) is 3.63. The van der Waals surface area contributed by atoms with Gasteiger partial charge in [0.05, 0.1) is 10.1 Å². The summed E-state index contributed by atoms with van der Waals surface area (Å²) in [6, 6.07) is 3.31. The molecular formula is C9H12ClNO2S2. The highest BCUT2D eigenvalue weighted by molar-refractivity contribution is 7.93. The zero-order valence-electron chi connectivity index (χ0n) is 8.07. The number of hydrogen-bond acceptors (Lipinski definition) is 4. The lowest BCUT2D eigenvalue weighted by molar-refractivity contribution is 0.579. The van der Waals surface area contributed by atoms with Gasteiger partial charge < -0.3 is 5.32 Å². The van der Waals surface area contributed by atoms with Crippen LogP contribution in [0.3, 0.4) is 0 Å². The molecule has 1 saturated heterocycles. The highest BCUT2D eigenvalue weighted by Crippen LogP contribution is 2.27. The van der Waals surface area contributed by atoms with Crippen molar-refractivity contribution in [3.8, 4) is 0 Å². The molecule has 1 fully saturated rings. The summed E-state index contributed by atoms with van der Waals surface area (Å²) in [6.07, 6.45) is 2.00. The molecular weight excluding hydrogens is 254 g/mol. The van der Waals surface area contributed by atoms with Crippen LogP contribution in [0.25, 0.3) is 0 Å². The Morgan fingerprint density at radius 2 is 2.33 bits per heavy atom. The van der Waals surface area contributed by atoms with Gasteiger partial charge in [-0.15, -0.1) is 11.3 Å². The van der Waals surface area contributed by atoms with E-state index in [-0.39, 0.29) is 11.8 Å². The number of nitrogens with one attached hydrogen (secondary N) is 1. The molecule has 0 bridgehead atoms. The van der Waals surface area contributed by atoms with Crippen LogP contribution >= 0.6 is 22.9 Å². The Bertz CT molecular complexity index is 435. The third-order valence-electron chi connectivity index (χ3n) is 2.44. The summed E-state index contributed by atoms with van der Waals surface area (Å²) in [5.74, 6) is 0.184. The van der Waals surface area contributed by atoms with E-state index in [0.717, 1.165) is 30.7 Å². The topological polar surface area (TPSA) is 46.2 Å². The van der Waals surface area contributed by atoms with Crippen LogP contribution in [0.1, 0.15) is 12.8 Å². The molecule has 15 heavy (non-hydrogen) atoms. The second kappa shape index (κ2) is 4.41. The number of halogens is 1. The summed E-state index contributed by atoms with van der Waals surface area (Å²) in [6.45, 7) is 0.922. The first kappa shape index (κ1) is 11.4. The molecule has 0 saturated carbocycles. The van der Waals surface area contributed by atoms with Crippen LogP contribution in [0, 0.1) is 0 Å². The molecule has 0 aliphatic carbocycles. The summed E-state index contributed by atoms with van der Waals surface area (Å²) >= 11 is 6.85. The second-order valence-corrected chi connectivity index (χ2v) is 7.61. The SMILES string of the molecule is O=S(=O)(CC1CCCN1)c1ccc(Cl)s1. The molecule has 84 valence electrons. The van der Waals surface area contributed by atoms with Crippen LogP contribution in [0.2, 0.25) is 4.34 Å². The van der Waals surface area contributed by atoms with Crippen molar-refractivity contribution >= 4 is 32.8 Å². The molecule has 2 heterocycles. The van der Waals surface area contributed by atoms with Gasteiger partial charge >= 0.3 is 0 Å². The normalized spacial score (nSPS) is 22.1. The van der Waals surface area contributed by atoms with Crippen LogP contribution in [-0.4, -0.2) is 26.8 Å². The van der Waals surface area contributed by atoms with Crippen molar-refractivity contribution in [2.24, 2.45) is 0 Å². The van der Waals surface area contributed by atoms with Crippen molar-refractivity contribution in [3.05, 3.63) is 16.5 Å². The minimum atomic E-state index is -3.15. The first-order valence-corrected chi connectivity index (χ1v) is 7.64. The van der Waals surface area contributed by atoms with E-state index in [4.69, 9.17) is 11.6 Å². The fourth-order valence-corrected chi connectivity index (χ4v) is 4.86. The third kappa shape index (κ3) is 2.72. The van der Waals surface area contributed by atoms with E-state index in [1.54, 1.807) is 12.1 Å². The molecule has 3 nitrogen and oxygen atoms in total. The van der Waals surface area contributed by atoms with Gasteiger partial charge in [0.2, 0.25) is 0 Å². The molecule has 1 aromatic heterocycles. The zero-order chi connectivity index (χ0) is 10.9. The third-order valence-corrected chi connectivity index (χ3v) is 6.07. The van der Waals surface area contributed by atoms with E-state index in [2.05, 4.69) is 5.32 Å². The van der Waals surface area contributed by atoms with Crippen molar-refractivity contribution in [1.82, 2.24) is 5.32 Å². The van der Waals surface area contributed by atoms with Crippen molar-refractivity contribution in [3.63, 3.8) is 0 Å². The fraction of sp³-hybridized carbons (Fsp3) is 0.556. The Kier molecular flexibility index (Phi) is 3.35. The molecule has 1 atom stereocenters. The fourth-order valence-electron chi connectivity index (χ4n) is 1.71. The monoisotopic (exact) mass is 265 g/mol. The predicted molar refractivity (Wildman–Crippen MR) is 62.4 cm³/mol. The van der Waals surface area contributed by atoms with Gasteiger partial charge in [0, 0.05) is 6.04 Å². The maximum absolute atomic E-state index is 11.9. The first-order chi connectivity index (χ1) is 7.08. The summed E-state index contributed by atoms with van der Waals surface area (Å²) in [4.78, 5) is 0. The molecule has 1 aliphatic rings. The predicted octanol–water partition coefficient (Wildman–Crippen LogP) is 1.93. The van der Waals surface area contributed by atoms with Crippen molar-refractivity contribution in [2.45, 2.75) is 23.1 Å². The van der Waals surface area contributed by atoms with Gasteiger partial charge in [0.15, 0.2) is 9.84 Å². The molecule has 0 aromatic carbocycles. The van der Waals surface area contributed by atoms with E-state index >= 15 is 0 Å². The van der Waals surface area contributed by atoms with Crippen LogP contribution in [0.4, 0.5) is 0 Å². The van der Waals surface area contributed by atoms with E-state index in [1.165, 1.54) is 0 Å². The lowest BCUT2D eigenvalue weighted by Crippen LogP contribution is -2.29. The van der Waals surface area contributed by atoms with E-state index in [9.17, 15) is 8.42 Å². The highest BCUT2D eigenvalue weighted by Gasteiger charge is 2.24. The minimum absolute atomic E-state index is 0.107. The van der Waals surface area contributed by atoms with E-state index in [1.807, 2.05) is 0 Å². The molecule has 1 N–H and O–H groups in total. The zero-order valence-corrected chi connectivity index (χ0v) is 10.5. The van der Waals surface area contributed by atoms with Crippen molar-refractivity contribution in [2.75, 3.05) is 12.3 Å². The Morgan fingerprint density at radius 3 is 2.87 bits per heavy atom. The summed E-state index contributed by atoms with van der Waals surface area (Å²) in [5, 5.41) is 3.18. The quantitative estimate of drug-likeness (QED) is 0.908. The van der Waals surface area contributed by atoms with Gasteiger partial charge in [-0.3, -0.25) is 0 Å². The minimum Gasteiger partial charge on any atom is -0.313 e. The van der Waals surface area contributed by atoms with Crippen LogP contribution < -0.4 is 5.32 Å². The Hall–Kier alpha value is -0.100. The lowest BCUT2D eigenvalue weighted by atomic mass is 10.3. The van der Waals surface area contributed by atoms with Gasteiger partial charge in [-0.2, -0.15) is 0 Å². The summed E-state index contributed by atoms with van der Waals surface area (Å²) in [7, 11) is -3.15. The molecule has 1 aliphatic heterocycles. The largest absolute Gasteiger partial charge is 0.313 e. The molecule has 0 spiro atoms. The molecule has 1 unspecified atom stereocenters. The Balaban J connectivity index is 2.12. The van der Waals surface area contributed by atoms with Gasteiger partial charge in [-0.1, -0.05) is 11.6 Å². The van der Waals surface area contributed by atoms with Gasteiger partial charge in [-0.05, 0) is 31.5 Å². The summed E-state index contributed by atoms with van der Waals surface area (Å²) in [5.41, 5.74) is 0. The van der Waals surface area contributed by atoms with Crippen LogP contribution in [0.15, 0.2) is 16.3 Å². The van der Waals surface area contributed by atoms with E-state index in [0.29, 0.717) is 8.55 Å². The number of sulfone groups is 1. The molecule has 0 amide bonds. The maximum Gasteiger partial charge on any atom is 0.189 e. The van der Waals surface area contributed by atoms with Crippen LogP contribution in [0.5, 0.6) is 0 Å². The smallest absolute Gasteiger partial charge is 0.189 e. The molecule has 1 aromatic rings. The number of hydrogen-bond donors (Lipinski definition) is 1. The highest BCUT2D eigenvalue weighted by atomic mass is 35.5. The standard InChI is InChI=1S/C9H12ClNO2S2/c10-8-3-4-9(14-8)15(12,13)6-7-2-1-5-11-7/h3-4,7,11H,1-2,5-6H2. The summed E-state index contributed by atoms with van der Waals surface area (Å²) < 4.78 is 24.7. The Labute approximate surface area is 98.4 Å². The lowest BCUT2D eigenvalue weighted by Gasteiger charge is -2.08.